The smallest absolute Gasteiger partial charge is 0.158 e. The summed E-state index contributed by atoms with van der Waals surface area (Å²) in [6.45, 7) is 29.5. The lowest BCUT2D eigenvalue weighted by molar-refractivity contribution is -0.120. The Morgan fingerprint density at radius 2 is 1.38 bits per heavy atom. The second-order valence-corrected chi connectivity index (χ2v) is 11.3. The van der Waals surface area contributed by atoms with Gasteiger partial charge in [-0.3, -0.25) is 9.59 Å². The molecule has 0 radical (unpaired) electrons. The van der Waals surface area contributed by atoms with Crippen LogP contribution in [0.3, 0.4) is 0 Å². The van der Waals surface area contributed by atoms with E-state index in [1.807, 2.05) is 34.6 Å². The van der Waals surface area contributed by atoms with Crippen LogP contribution in [0.1, 0.15) is 129 Å². The largest absolute Gasteiger partial charge is 0.299 e. The molecule has 0 saturated heterocycles. The summed E-state index contributed by atoms with van der Waals surface area (Å²) in [6, 6.07) is 0. The van der Waals surface area contributed by atoms with E-state index in [0.717, 1.165) is 18.4 Å². The fourth-order valence-electron chi connectivity index (χ4n) is 4.31. The predicted molar refractivity (Wildman–Crippen MR) is 152 cm³/mol. The molecule has 0 aliphatic heterocycles. The number of carbonyl (C=O) groups is 2. The molecule has 0 atom stereocenters. The highest BCUT2D eigenvalue weighted by molar-refractivity contribution is 5.97. The van der Waals surface area contributed by atoms with Crippen molar-refractivity contribution in [3.8, 4) is 0 Å². The average molecular weight is 473 g/mol. The molecule has 2 nitrogen and oxygen atoms in total. The van der Waals surface area contributed by atoms with Gasteiger partial charge in [0.25, 0.3) is 0 Å². The van der Waals surface area contributed by atoms with Gasteiger partial charge < -0.3 is 0 Å². The summed E-state index contributed by atoms with van der Waals surface area (Å²) in [5.41, 5.74) is 5.15. The maximum Gasteiger partial charge on any atom is 0.158 e. The minimum atomic E-state index is 0.00116. The van der Waals surface area contributed by atoms with E-state index in [0.29, 0.717) is 30.8 Å². The predicted octanol–water partition coefficient (Wildman–Crippen LogP) is 10.0. The van der Waals surface area contributed by atoms with Gasteiger partial charge in [-0.05, 0) is 59.7 Å². The van der Waals surface area contributed by atoms with Crippen molar-refractivity contribution in [3.05, 3.63) is 46.6 Å². The minimum Gasteiger partial charge on any atom is -0.299 e. The van der Waals surface area contributed by atoms with E-state index in [1.54, 1.807) is 0 Å². The fraction of sp³-hybridized carbons (Fsp3) is 0.688. The second-order valence-electron chi connectivity index (χ2n) is 11.3. The molecule has 2 aliphatic rings. The topological polar surface area (TPSA) is 34.1 Å². The molecule has 0 saturated carbocycles. The van der Waals surface area contributed by atoms with Gasteiger partial charge >= 0.3 is 0 Å². The Balaban J connectivity index is 0. The van der Waals surface area contributed by atoms with Crippen LogP contribution in [-0.4, -0.2) is 11.6 Å². The quantitative estimate of drug-likeness (QED) is 0.409. The molecule has 2 rings (SSSR count). The third-order valence-corrected chi connectivity index (χ3v) is 6.09. The van der Waals surface area contributed by atoms with Crippen molar-refractivity contribution in [1.29, 1.82) is 0 Å². The molecule has 0 fully saturated rings. The van der Waals surface area contributed by atoms with Crippen LogP contribution in [0, 0.1) is 16.2 Å². The van der Waals surface area contributed by atoms with Crippen LogP contribution in [0.4, 0.5) is 0 Å². The fourth-order valence-corrected chi connectivity index (χ4v) is 4.31. The molecule has 0 aromatic rings. The number of hydrogen-bond donors (Lipinski definition) is 0. The molecule has 2 heteroatoms. The second kappa shape index (κ2) is 15.3. The molecule has 196 valence electrons. The molecule has 0 unspecified atom stereocenters. The van der Waals surface area contributed by atoms with Crippen LogP contribution in [0.2, 0.25) is 0 Å². The van der Waals surface area contributed by atoms with Crippen LogP contribution < -0.4 is 0 Å². The average Bonchev–Trinajstić information content (AvgIpc) is 2.72. The lowest BCUT2D eigenvalue weighted by atomic mass is 9.71. The first kappa shape index (κ1) is 34.5. The molecular formula is C32H56O2. The highest BCUT2D eigenvalue weighted by Gasteiger charge is 2.31. The third kappa shape index (κ3) is 11.6. The summed E-state index contributed by atoms with van der Waals surface area (Å²) in [5, 5.41) is 0. The van der Waals surface area contributed by atoms with Crippen LogP contribution in [0.15, 0.2) is 46.6 Å². The Labute approximate surface area is 213 Å². The summed E-state index contributed by atoms with van der Waals surface area (Å²) >= 11 is 0. The number of carbonyl (C=O) groups excluding carboxylic acids is 2. The molecular weight excluding hydrogens is 416 g/mol. The van der Waals surface area contributed by atoms with Crippen molar-refractivity contribution in [3.63, 3.8) is 0 Å². The van der Waals surface area contributed by atoms with E-state index < -0.39 is 0 Å². The summed E-state index contributed by atoms with van der Waals surface area (Å²) in [6.07, 6.45) is 12.8. The zero-order chi connectivity index (χ0) is 27.3. The summed E-state index contributed by atoms with van der Waals surface area (Å²) < 4.78 is 0. The Hall–Kier alpha value is -1.70. The van der Waals surface area contributed by atoms with Gasteiger partial charge in [-0.25, -0.2) is 0 Å². The Kier molecular flexibility index (Phi) is 15.5. The summed E-state index contributed by atoms with van der Waals surface area (Å²) in [5.74, 6) is 0.690. The van der Waals surface area contributed by atoms with Crippen LogP contribution in [0.5, 0.6) is 0 Å². The van der Waals surface area contributed by atoms with E-state index in [4.69, 9.17) is 0 Å². The molecule has 2 aliphatic carbocycles. The van der Waals surface area contributed by atoms with Gasteiger partial charge in [-0.15, -0.1) is 0 Å². The Bertz CT molecular complexity index is 774. The van der Waals surface area contributed by atoms with Gasteiger partial charge in [0, 0.05) is 19.3 Å². The zero-order valence-electron chi connectivity index (χ0n) is 25.2. The van der Waals surface area contributed by atoms with Crippen molar-refractivity contribution < 1.29 is 9.59 Å². The van der Waals surface area contributed by atoms with Crippen molar-refractivity contribution in [1.82, 2.24) is 0 Å². The Morgan fingerprint density at radius 1 is 0.853 bits per heavy atom. The number of rotatable bonds is 3. The SMILES string of the molecule is CC.CC.CC/C=C/C1=C(C)C(=O)CCC1(C)C.CC1=C(/C=C/C(C)(C)C)C(C)(C)CC(=O)C1. The molecule has 0 spiro atoms. The minimum absolute atomic E-state index is 0.00116. The van der Waals surface area contributed by atoms with Crippen LogP contribution >= 0.6 is 0 Å². The molecule has 0 bridgehead atoms. The van der Waals surface area contributed by atoms with Gasteiger partial charge in [-0.1, -0.05) is 113 Å². The molecule has 0 aromatic heterocycles. The lowest BCUT2D eigenvalue weighted by Crippen LogP contribution is -2.25. The van der Waals surface area contributed by atoms with E-state index in [2.05, 4.69) is 86.6 Å². The van der Waals surface area contributed by atoms with Crippen LogP contribution in [0.25, 0.3) is 0 Å². The molecule has 0 amide bonds. The normalized spacial score (nSPS) is 19.8. The molecule has 34 heavy (non-hydrogen) atoms. The van der Waals surface area contributed by atoms with Crippen molar-refractivity contribution >= 4 is 11.6 Å². The maximum atomic E-state index is 11.6. The standard InChI is InChI=1S/C15H24O.C13H20O.2C2H6/c1-11-9-12(16)10-15(5,6)13(11)7-8-14(2,3)4;1-5-6-7-11-10(2)12(14)8-9-13(11,3)4;2*1-2/h7-8H,9-10H2,1-6H3;6-7H,5,8-9H2,1-4H3;2*1-2H3/b8-7+;7-6+;;. The maximum absolute atomic E-state index is 11.6. The van der Waals surface area contributed by atoms with Gasteiger partial charge in [-0.2, -0.15) is 0 Å². The van der Waals surface area contributed by atoms with Crippen molar-refractivity contribution in [2.45, 2.75) is 129 Å². The highest BCUT2D eigenvalue weighted by Crippen LogP contribution is 2.40. The summed E-state index contributed by atoms with van der Waals surface area (Å²) in [7, 11) is 0. The molecule has 0 heterocycles. The van der Waals surface area contributed by atoms with Gasteiger partial charge in [0.15, 0.2) is 5.78 Å². The summed E-state index contributed by atoms with van der Waals surface area (Å²) in [4.78, 5) is 23.1. The number of hydrogen-bond acceptors (Lipinski definition) is 2. The first-order valence-corrected chi connectivity index (χ1v) is 13.4. The van der Waals surface area contributed by atoms with Crippen LogP contribution in [-0.2, 0) is 9.59 Å². The molecule has 0 aromatic carbocycles. The first-order valence-electron chi connectivity index (χ1n) is 13.4. The number of ketones is 2. The van der Waals surface area contributed by atoms with E-state index in [1.165, 1.54) is 16.7 Å². The monoisotopic (exact) mass is 472 g/mol. The highest BCUT2D eigenvalue weighted by atomic mass is 16.1. The third-order valence-electron chi connectivity index (χ3n) is 6.09. The molecule has 0 N–H and O–H groups in total. The number of Topliss-reactive ketones (excluding diaryl/α,β-unsaturated/α-hetero) is 2. The number of allylic oxidation sites excluding steroid dienone is 8. The van der Waals surface area contributed by atoms with Gasteiger partial charge in [0.1, 0.15) is 5.78 Å². The van der Waals surface area contributed by atoms with Crippen molar-refractivity contribution in [2.75, 3.05) is 0 Å². The van der Waals surface area contributed by atoms with Gasteiger partial charge in [0.05, 0.1) is 0 Å². The Morgan fingerprint density at radius 3 is 1.82 bits per heavy atom. The zero-order valence-corrected chi connectivity index (χ0v) is 25.2. The van der Waals surface area contributed by atoms with E-state index in [9.17, 15) is 9.59 Å². The first-order chi connectivity index (χ1) is 15.6. The lowest BCUT2D eigenvalue weighted by Gasteiger charge is -2.32. The van der Waals surface area contributed by atoms with Gasteiger partial charge in [0.2, 0.25) is 0 Å². The van der Waals surface area contributed by atoms with Crippen molar-refractivity contribution in [2.24, 2.45) is 16.2 Å². The van der Waals surface area contributed by atoms with E-state index in [-0.39, 0.29) is 16.2 Å². The van der Waals surface area contributed by atoms with E-state index >= 15 is 0 Å².